The minimum atomic E-state index is -4.70. The van der Waals surface area contributed by atoms with Gasteiger partial charge in [-0.25, -0.2) is 0 Å². The number of rotatable bonds is 2. The number of hydrogen-bond donors (Lipinski definition) is 1. The Kier molecular flexibility index (Phi) is 3.52. The van der Waals surface area contributed by atoms with Crippen LogP contribution in [0.25, 0.3) is 0 Å². The fourth-order valence-electron chi connectivity index (χ4n) is 1.82. The third-order valence-electron chi connectivity index (χ3n) is 2.57. The Balaban J connectivity index is 2.22. The fraction of sp³-hybridized carbons (Fsp3) is 0.364. The molecule has 1 saturated heterocycles. The second-order valence-corrected chi connectivity index (χ2v) is 4.72. The quantitative estimate of drug-likeness (QED) is 0.895. The number of halogens is 4. The van der Waals surface area contributed by atoms with Crippen molar-refractivity contribution in [3.8, 4) is 5.75 Å². The van der Waals surface area contributed by atoms with Crippen LogP contribution in [0.1, 0.15) is 12.8 Å². The normalized spacial score (nSPS) is 16.2. The Bertz CT molecular complexity index is 476. The predicted octanol–water partition coefficient (Wildman–Crippen LogP) is 3.93. The van der Waals surface area contributed by atoms with Crippen LogP contribution in [-0.2, 0) is 0 Å². The molecule has 1 N–H and O–H groups in total. The third kappa shape index (κ3) is 2.95. The number of nitrogens with one attached hydrogen (secondary N) is 1. The van der Waals surface area contributed by atoms with Gasteiger partial charge in [0.25, 0.3) is 0 Å². The molecule has 0 atom stereocenters. The van der Waals surface area contributed by atoms with E-state index < -0.39 is 6.36 Å². The number of benzene rings is 1. The lowest BCUT2D eigenvalue weighted by Crippen LogP contribution is -2.23. The van der Waals surface area contributed by atoms with Crippen LogP contribution in [0, 0.1) is 5.41 Å². The van der Waals surface area contributed by atoms with Gasteiger partial charge in [0.05, 0.1) is 4.47 Å². The molecular formula is C11H10BrF3N2O. The monoisotopic (exact) mass is 322 g/mol. The SMILES string of the molecule is N=C1CCCN1c1ccc(OC(F)(F)F)c(Br)c1. The molecule has 1 aromatic rings. The molecule has 1 aliphatic rings. The zero-order valence-corrected chi connectivity index (χ0v) is 10.8. The fourth-order valence-corrected chi connectivity index (χ4v) is 2.27. The summed E-state index contributed by atoms with van der Waals surface area (Å²) in [5.74, 6) is 0.198. The van der Waals surface area contributed by atoms with Gasteiger partial charge >= 0.3 is 6.36 Å². The number of hydrogen-bond acceptors (Lipinski definition) is 2. The molecule has 7 heteroatoms. The first-order valence-corrected chi connectivity index (χ1v) is 6.06. The molecule has 2 rings (SSSR count). The molecule has 0 aromatic heterocycles. The van der Waals surface area contributed by atoms with Crippen LogP contribution in [-0.4, -0.2) is 18.7 Å². The largest absolute Gasteiger partial charge is 0.573 e. The Morgan fingerprint density at radius 3 is 2.56 bits per heavy atom. The second kappa shape index (κ2) is 4.79. The van der Waals surface area contributed by atoms with Crippen molar-refractivity contribution in [1.82, 2.24) is 0 Å². The van der Waals surface area contributed by atoms with Gasteiger partial charge in [0.2, 0.25) is 0 Å². The van der Waals surface area contributed by atoms with E-state index in [1.165, 1.54) is 18.2 Å². The summed E-state index contributed by atoms with van der Waals surface area (Å²) in [7, 11) is 0. The van der Waals surface area contributed by atoms with E-state index in [1.807, 2.05) is 0 Å². The topological polar surface area (TPSA) is 36.3 Å². The highest BCUT2D eigenvalue weighted by molar-refractivity contribution is 9.10. The van der Waals surface area contributed by atoms with E-state index in [0.717, 1.165) is 6.42 Å². The Labute approximate surface area is 110 Å². The van der Waals surface area contributed by atoms with Crippen LogP contribution in [0.15, 0.2) is 22.7 Å². The van der Waals surface area contributed by atoms with Crippen molar-refractivity contribution in [3.05, 3.63) is 22.7 Å². The van der Waals surface area contributed by atoms with Gasteiger partial charge in [-0.2, -0.15) is 0 Å². The van der Waals surface area contributed by atoms with Crippen molar-refractivity contribution in [3.63, 3.8) is 0 Å². The van der Waals surface area contributed by atoms with E-state index in [4.69, 9.17) is 5.41 Å². The molecule has 18 heavy (non-hydrogen) atoms. The van der Waals surface area contributed by atoms with Gasteiger partial charge in [-0.15, -0.1) is 13.2 Å². The van der Waals surface area contributed by atoms with E-state index >= 15 is 0 Å². The van der Waals surface area contributed by atoms with Crippen molar-refractivity contribution in [1.29, 1.82) is 5.41 Å². The van der Waals surface area contributed by atoms with Crippen LogP contribution in [0.4, 0.5) is 18.9 Å². The summed E-state index contributed by atoms with van der Waals surface area (Å²) in [6.45, 7) is 0.713. The molecule has 0 radical (unpaired) electrons. The molecule has 3 nitrogen and oxygen atoms in total. The smallest absolute Gasteiger partial charge is 0.405 e. The zero-order chi connectivity index (χ0) is 13.3. The maximum absolute atomic E-state index is 12.1. The average molecular weight is 323 g/mol. The molecule has 0 spiro atoms. The number of anilines is 1. The second-order valence-electron chi connectivity index (χ2n) is 3.86. The Hall–Kier alpha value is -1.24. The first-order chi connectivity index (χ1) is 8.37. The average Bonchev–Trinajstić information content (AvgIpc) is 2.66. The molecule has 98 valence electrons. The summed E-state index contributed by atoms with van der Waals surface area (Å²) in [6.07, 6.45) is -3.12. The maximum Gasteiger partial charge on any atom is 0.573 e. The number of alkyl halides is 3. The molecular weight excluding hydrogens is 313 g/mol. The van der Waals surface area contributed by atoms with Crippen LogP contribution < -0.4 is 9.64 Å². The van der Waals surface area contributed by atoms with E-state index in [9.17, 15) is 13.2 Å². The molecule has 1 aromatic carbocycles. The van der Waals surface area contributed by atoms with Crippen molar-refractivity contribution in [2.75, 3.05) is 11.4 Å². The maximum atomic E-state index is 12.1. The first-order valence-electron chi connectivity index (χ1n) is 5.27. The first kappa shape index (κ1) is 13.2. The minimum Gasteiger partial charge on any atom is -0.405 e. The number of ether oxygens (including phenoxy) is 1. The highest BCUT2D eigenvalue weighted by atomic mass is 79.9. The lowest BCUT2D eigenvalue weighted by molar-refractivity contribution is -0.274. The summed E-state index contributed by atoms with van der Waals surface area (Å²) in [4.78, 5) is 1.77. The van der Waals surface area contributed by atoms with E-state index in [1.54, 1.807) is 4.90 Å². The standard InChI is InChI=1S/C11H10BrF3N2O/c12-8-6-7(17-5-1-2-10(17)16)3-4-9(8)18-11(13,14)15/h3-4,6,16H,1-2,5H2. The van der Waals surface area contributed by atoms with Crippen molar-refractivity contribution in [2.45, 2.75) is 19.2 Å². The van der Waals surface area contributed by atoms with Gasteiger partial charge in [0.15, 0.2) is 0 Å². The molecule has 0 aliphatic carbocycles. The molecule has 1 fully saturated rings. The van der Waals surface area contributed by atoms with Crippen molar-refractivity contribution >= 4 is 27.5 Å². The lowest BCUT2D eigenvalue weighted by atomic mass is 10.3. The van der Waals surface area contributed by atoms with Crippen LogP contribution >= 0.6 is 15.9 Å². The minimum absolute atomic E-state index is 0.219. The van der Waals surface area contributed by atoms with Crippen molar-refractivity contribution < 1.29 is 17.9 Å². The van der Waals surface area contributed by atoms with Gasteiger partial charge in [-0.05, 0) is 40.5 Å². The number of nitrogens with zero attached hydrogens (tertiary/aromatic N) is 1. The van der Waals surface area contributed by atoms with Gasteiger partial charge in [-0.3, -0.25) is 5.41 Å². The van der Waals surface area contributed by atoms with E-state index in [0.29, 0.717) is 24.5 Å². The Morgan fingerprint density at radius 2 is 2.06 bits per heavy atom. The molecule has 0 bridgehead atoms. The summed E-state index contributed by atoms with van der Waals surface area (Å²) < 4.78 is 40.4. The molecule has 0 saturated carbocycles. The summed E-state index contributed by atoms with van der Waals surface area (Å²) in [5.41, 5.74) is 0.693. The van der Waals surface area contributed by atoms with Crippen LogP contribution in [0.2, 0.25) is 0 Å². The van der Waals surface area contributed by atoms with Gasteiger partial charge < -0.3 is 9.64 Å². The zero-order valence-electron chi connectivity index (χ0n) is 9.22. The lowest BCUT2D eigenvalue weighted by Gasteiger charge is -2.19. The Morgan fingerprint density at radius 1 is 1.33 bits per heavy atom. The third-order valence-corrected chi connectivity index (χ3v) is 3.19. The van der Waals surface area contributed by atoms with Gasteiger partial charge in [0, 0.05) is 18.7 Å². The molecule has 0 amide bonds. The highest BCUT2D eigenvalue weighted by Crippen LogP contribution is 2.34. The summed E-state index contributed by atoms with van der Waals surface area (Å²) >= 11 is 3.04. The summed E-state index contributed by atoms with van der Waals surface area (Å²) in [5, 5.41) is 7.71. The van der Waals surface area contributed by atoms with E-state index in [-0.39, 0.29) is 10.2 Å². The van der Waals surface area contributed by atoms with Gasteiger partial charge in [0.1, 0.15) is 11.6 Å². The van der Waals surface area contributed by atoms with Crippen LogP contribution in [0.5, 0.6) is 5.75 Å². The molecule has 1 aliphatic heterocycles. The van der Waals surface area contributed by atoms with Crippen molar-refractivity contribution in [2.24, 2.45) is 0 Å². The molecule has 0 unspecified atom stereocenters. The van der Waals surface area contributed by atoms with Crippen LogP contribution in [0.3, 0.4) is 0 Å². The molecule has 1 heterocycles. The predicted molar refractivity (Wildman–Crippen MR) is 65.1 cm³/mol. The summed E-state index contributed by atoms with van der Waals surface area (Å²) in [6, 6.07) is 4.30. The van der Waals surface area contributed by atoms with E-state index in [2.05, 4.69) is 20.7 Å². The highest BCUT2D eigenvalue weighted by Gasteiger charge is 2.32. The number of amidine groups is 1. The van der Waals surface area contributed by atoms with Gasteiger partial charge in [-0.1, -0.05) is 0 Å².